The maximum atomic E-state index is 11.9. The van der Waals surface area contributed by atoms with E-state index < -0.39 is 6.80 Å². The van der Waals surface area contributed by atoms with Crippen molar-refractivity contribution in [3.8, 4) is 0 Å². The lowest BCUT2D eigenvalue weighted by molar-refractivity contribution is -0.120. The summed E-state index contributed by atoms with van der Waals surface area (Å²) in [7, 11) is 1.63. The van der Waals surface area contributed by atoms with E-state index in [9.17, 15) is 9.36 Å². The van der Waals surface area contributed by atoms with E-state index in [0.717, 1.165) is 23.7 Å². The zero-order chi connectivity index (χ0) is 23.8. The minimum Gasteiger partial charge on any atom is -0.359 e. The van der Waals surface area contributed by atoms with E-state index in [4.69, 9.17) is 14.8 Å². The lowest BCUT2D eigenvalue weighted by Gasteiger charge is -2.15. The molecule has 0 fully saturated rings. The fraction of sp³-hybridized carbons (Fsp3) is 0.522. The van der Waals surface area contributed by atoms with Crippen molar-refractivity contribution in [3.63, 3.8) is 0 Å². The number of carbonyl (C=O) groups is 1. The molecule has 1 amide bonds. The molecule has 2 aromatic carbocycles. The van der Waals surface area contributed by atoms with Crippen LogP contribution in [0.3, 0.4) is 0 Å². The third kappa shape index (κ3) is 11.2. The highest BCUT2D eigenvalue weighted by molar-refractivity contribution is 8.55. The van der Waals surface area contributed by atoms with Crippen LogP contribution in [-0.2, 0) is 24.8 Å². The van der Waals surface area contributed by atoms with Crippen LogP contribution in [0.25, 0.3) is 10.8 Å². The third-order valence-electron chi connectivity index (χ3n) is 4.34. The molecule has 6 nitrogen and oxygen atoms in total. The minimum absolute atomic E-state index is 0.0114. The summed E-state index contributed by atoms with van der Waals surface area (Å²) >= 11 is 3.14. The molecule has 2 rings (SSSR count). The summed E-state index contributed by atoms with van der Waals surface area (Å²) in [4.78, 5) is 11.3. The van der Waals surface area contributed by atoms with Crippen molar-refractivity contribution in [3.05, 3.63) is 48.0 Å². The molecular weight excluding hydrogens is 463 g/mol. The molecule has 9 heteroatoms. The molecule has 0 spiro atoms. The van der Waals surface area contributed by atoms with E-state index in [-0.39, 0.29) is 11.9 Å². The SMILES string of the molecule is CCOP(=O)(OCC)SCCSCC.CNC(=O)C[C@H](N)Cc1cccc2ccccc12. The van der Waals surface area contributed by atoms with E-state index in [1.54, 1.807) is 7.05 Å². The van der Waals surface area contributed by atoms with Gasteiger partial charge in [-0.1, -0.05) is 49.4 Å². The zero-order valence-corrected chi connectivity index (χ0v) is 22.1. The van der Waals surface area contributed by atoms with Crippen LogP contribution in [0.2, 0.25) is 0 Å². The average Bonchev–Trinajstić information content (AvgIpc) is 2.78. The molecule has 3 N–H and O–H groups in total. The van der Waals surface area contributed by atoms with E-state index in [2.05, 4.69) is 36.5 Å². The molecule has 180 valence electrons. The smallest absolute Gasteiger partial charge is 0.359 e. The molecule has 0 aliphatic heterocycles. The third-order valence-corrected chi connectivity index (χ3v) is 9.48. The number of thioether (sulfide) groups is 1. The van der Waals surface area contributed by atoms with E-state index in [0.29, 0.717) is 19.6 Å². The fourth-order valence-electron chi connectivity index (χ4n) is 2.95. The Bertz CT molecular complexity index is 838. The Kier molecular flexibility index (Phi) is 15.0. The van der Waals surface area contributed by atoms with Gasteiger partial charge in [0.25, 0.3) is 0 Å². The second-order valence-corrected chi connectivity index (χ2v) is 12.4. The van der Waals surface area contributed by atoms with Crippen LogP contribution in [0.15, 0.2) is 42.5 Å². The van der Waals surface area contributed by atoms with Gasteiger partial charge in [0.2, 0.25) is 5.91 Å². The predicted octanol–water partition coefficient (Wildman–Crippen LogP) is 5.50. The number of hydrogen-bond donors (Lipinski definition) is 2. The quantitative estimate of drug-likeness (QED) is 0.277. The van der Waals surface area contributed by atoms with Gasteiger partial charge in [0.05, 0.1) is 13.2 Å². The summed E-state index contributed by atoms with van der Waals surface area (Å²) in [5, 5.41) is 5.03. The number of nitrogens with two attached hydrogens (primary N) is 1. The molecule has 1 atom stereocenters. The second-order valence-electron chi connectivity index (χ2n) is 6.79. The van der Waals surface area contributed by atoms with Crippen molar-refractivity contribution in [2.75, 3.05) is 37.5 Å². The summed E-state index contributed by atoms with van der Waals surface area (Å²) in [6.07, 6.45) is 1.08. The largest absolute Gasteiger partial charge is 0.389 e. The molecule has 0 radical (unpaired) electrons. The summed E-state index contributed by atoms with van der Waals surface area (Å²) in [6, 6.07) is 14.3. The predicted molar refractivity (Wildman–Crippen MR) is 141 cm³/mol. The molecule has 0 saturated carbocycles. The highest BCUT2D eigenvalue weighted by Gasteiger charge is 2.23. The van der Waals surface area contributed by atoms with Gasteiger partial charge in [-0.2, -0.15) is 11.8 Å². The number of benzene rings is 2. The Morgan fingerprint density at radius 1 is 1.06 bits per heavy atom. The first kappa shape index (κ1) is 29.0. The molecule has 0 saturated heterocycles. The highest BCUT2D eigenvalue weighted by Crippen LogP contribution is 2.60. The zero-order valence-electron chi connectivity index (χ0n) is 19.5. The maximum Gasteiger partial charge on any atom is 0.389 e. The Morgan fingerprint density at radius 2 is 1.72 bits per heavy atom. The second kappa shape index (κ2) is 16.6. The van der Waals surface area contributed by atoms with Gasteiger partial charge in [-0.25, -0.2) is 4.57 Å². The average molecular weight is 501 g/mol. The monoisotopic (exact) mass is 500 g/mol. The van der Waals surface area contributed by atoms with Crippen molar-refractivity contribution in [2.45, 2.75) is 39.7 Å². The Balaban J connectivity index is 0.000000333. The van der Waals surface area contributed by atoms with Crippen LogP contribution >= 0.6 is 29.9 Å². The molecule has 0 bridgehead atoms. The molecule has 0 aliphatic rings. The topological polar surface area (TPSA) is 90.6 Å². The summed E-state index contributed by atoms with van der Waals surface area (Å²) in [5.74, 6) is 2.89. The van der Waals surface area contributed by atoms with Crippen LogP contribution in [0.1, 0.15) is 32.8 Å². The van der Waals surface area contributed by atoms with Crippen molar-refractivity contribution < 1.29 is 18.4 Å². The Hall–Kier alpha value is -1.02. The van der Waals surface area contributed by atoms with Gasteiger partial charge in [-0.15, -0.1) is 0 Å². The molecule has 32 heavy (non-hydrogen) atoms. The lowest BCUT2D eigenvalue weighted by atomic mass is 9.98. The molecule has 0 unspecified atom stereocenters. The number of nitrogens with one attached hydrogen (secondary N) is 1. The number of carbonyl (C=O) groups excluding carboxylic acids is 1. The van der Waals surface area contributed by atoms with E-state index >= 15 is 0 Å². The maximum absolute atomic E-state index is 11.9. The van der Waals surface area contributed by atoms with Crippen LogP contribution < -0.4 is 11.1 Å². The Morgan fingerprint density at radius 3 is 2.34 bits per heavy atom. The van der Waals surface area contributed by atoms with Crippen LogP contribution in [0, 0.1) is 0 Å². The van der Waals surface area contributed by atoms with Gasteiger partial charge in [0, 0.05) is 31.0 Å². The van der Waals surface area contributed by atoms with Gasteiger partial charge < -0.3 is 20.1 Å². The first-order chi connectivity index (χ1) is 15.4. The van der Waals surface area contributed by atoms with Crippen molar-refractivity contribution in [1.29, 1.82) is 0 Å². The number of rotatable bonds is 13. The number of fused-ring (bicyclic) bond motifs is 1. The van der Waals surface area contributed by atoms with E-state index in [1.807, 2.05) is 43.8 Å². The van der Waals surface area contributed by atoms with Crippen molar-refractivity contribution in [1.82, 2.24) is 5.32 Å². The van der Waals surface area contributed by atoms with Crippen LogP contribution in [-0.4, -0.2) is 49.5 Å². The van der Waals surface area contributed by atoms with Gasteiger partial charge >= 0.3 is 6.80 Å². The number of amides is 1. The van der Waals surface area contributed by atoms with Crippen molar-refractivity contribution >= 4 is 46.6 Å². The Labute approximate surface area is 201 Å². The highest BCUT2D eigenvalue weighted by atomic mass is 32.7. The summed E-state index contributed by atoms with van der Waals surface area (Å²) < 4.78 is 22.2. The molecule has 0 aliphatic carbocycles. The molecule has 2 aromatic rings. The van der Waals surface area contributed by atoms with Crippen LogP contribution in [0.5, 0.6) is 0 Å². The van der Waals surface area contributed by atoms with E-state index in [1.165, 1.54) is 27.7 Å². The van der Waals surface area contributed by atoms with Gasteiger partial charge in [0.1, 0.15) is 0 Å². The summed E-state index contributed by atoms with van der Waals surface area (Å²) in [6.45, 7) is 3.78. The molecule has 0 heterocycles. The normalized spacial score (nSPS) is 12.2. The first-order valence-electron chi connectivity index (χ1n) is 10.9. The van der Waals surface area contributed by atoms with Gasteiger partial charge in [-0.05, 0) is 53.7 Å². The first-order valence-corrected chi connectivity index (χ1v) is 15.2. The summed E-state index contributed by atoms with van der Waals surface area (Å²) in [5.41, 5.74) is 7.21. The number of hydrogen-bond acceptors (Lipinski definition) is 7. The molecule has 0 aromatic heterocycles. The molecular formula is C23H37N2O4PS2. The lowest BCUT2D eigenvalue weighted by Crippen LogP contribution is -2.31. The fourth-order valence-corrected chi connectivity index (χ4v) is 7.50. The van der Waals surface area contributed by atoms with Gasteiger partial charge in [-0.3, -0.25) is 4.79 Å². The van der Waals surface area contributed by atoms with Crippen molar-refractivity contribution in [2.24, 2.45) is 5.73 Å². The standard InChI is InChI=1S/C15H18N2O.C8H19O3PS2/c1-17-15(18)10-13(16)9-12-7-4-6-11-5-2-3-8-14(11)12;1-4-10-12(9,11-5-2)14-8-7-13-6-3/h2-8,13H,9-10,16H2,1H3,(H,17,18);4-8H2,1-3H3/t13-;/m1./s1. The minimum atomic E-state index is -2.86. The van der Waals surface area contributed by atoms with Gasteiger partial charge in [0.15, 0.2) is 0 Å². The van der Waals surface area contributed by atoms with Crippen LogP contribution in [0.4, 0.5) is 0 Å².